The van der Waals surface area contributed by atoms with Crippen molar-refractivity contribution >= 4 is 21.6 Å². The van der Waals surface area contributed by atoms with Crippen LogP contribution in [-0.4, -0.2) is 11.1 Å². The summed E-state index contributed by atoms with van der Waals surface area (Å²) in [7, 11) is 0. The minimum absolute atomic E-state index is 0.123. The number of ether oxygens (including phenoxy) is 1. The zero-order chi connectivity index (χ0) is 9.14. The number of anilines is 1. The van der Waals surface area contributed by atoms with Gasteiger partial charge in [-0.25, -0.2) is 4.98 Å². The highest BCUT2D eigenvalue weighted by Gasteiger charge is 2.01. The molecule has 0 saturated heterocycles. The van der Waals surface area contributed by atoms with Gasteiger partial charge in [0.2, 0.25) is 5.88 Å². The van der Waals surface area contributed by atoms with Crippen LogP contribution in [-0.2, 0) is 0 Å². The first-order valence-corrected chi connectivity index (χ1v) is 4.46. The van der Waals surface area contributed by atoms with Crippen molar-refractivity contribution in [1.29, 1.82) is 0 Å². The van der Waals surface area contributed by atoms with Gasteiger partial charge in [-0.05, 0) is 29.8 Å². The molecule has 1 heterocycles. The minimum Gasteiger partial charge on any atom is -0.475 e. The van der Waals surface area contributed by atoms with Crippen molar-refractivity contribution in [2.24, 2.45) is 0 Å². The molecule has 1 aromatic heterocycles. The number of nitrogen functional groups attached to an aromatic ring is 1. The van der Waals surface area contributed by atoms with Crippen molar-refractivity contribution in [2.45, 2.75) is 20.0 Å². The minimum atomic E-state index is 0.123. The van der Waals surface area contributed by atoms with Gasteiger partial charge in [-0.2, -0.15) is 0 Å². The van der Waals surface area contributed by atoms with E-state index < -0.39 is 0 Å². The van der Waals surface area contributed by atoms with E-state index >= 15 is 0 Å². The third-order valence-corrected chi connectivity index (χ3v) is 1.88. The molecule has 0 radical (unpaired) electrons. The Hall–Kier alpha value is -0.770. The van der Waals surface area contributed by atoms with E-state index in [1.165, 1.54) is 0 Å². The van der Waals surface area contributed by atoms with E-state index in [9.17, 15) is 0 Å². The molecular formula is C8H11BrN2O. The molecule has 0 aromatic carbocycles. The van der Waals surface area contributed by atoms with Crippen LogP contribution in [0.25, 0.3) is 0 Å². The molecule has 1 aromatic rings. The second-order valence-electron chi connectivity index (χ2n) is 2.71. The van der Waals surface area contributed by atoms with Crippen molar-refractivity contribution in [1.82, 2.24) is 4.98 Å². The molecule has 12 heavy (non-hydrogen) atoms. The van der Waals surface area contributed by atoms with Crippen LogP contribution in [0, 0.1) is 0 Å². The summed E-state index contributed by atoms with van der Waals surface area (Å²) in [4.78, 5) is 4.03. The third-order valence-electron chi connectivity index (χ3n) is 1.22. The zero-order valence-electron chi connectivity index (χ0n) is 7.04. The van der Waals surface area contributed by atoms with Crippen molar-refractivity contribution in [3.8, 4) is 5.88 Å². The lowest BCUT2D eigenvalue weighted by atomic mass is 10.4. The quantitative estimate of drug-likeness (QED) is 0.848. The Morgan fingerprint density at radius 1 is 1.58 bits per heavy atom. The van der Waals surface area contributed by atoms with E-state index in [1.807, 2.05) is 13.8 Å². The molecule has 3 nitrogen and oxygen atoms in total. The monoisotopic (exact) mass is 230 g/mol. The van der Waals surface area contributed by atoms with E-state index in [2.05, 4.69) is 20.9 Å². The average molecular weight is 231 g/mol. The van der Waals surface area contributed by atoms with Crippen molar-refractivity contribution in [3.63, 3.8) is 0 Å². The second-order valence-corrected chi connectivity index (χ2v) is 3.56. The maximum Gasteiger partial charge on any atom is 0.215 e. The highest BCUT2D eigenvalue weighted by atomic mass is 79.9. The summed E-state index contributed by atoms with van der Waals surface area (Å²) >= 11 is 3.25. The first-order valence-electron chi connectivity index (χ1n) is 3.67. The molecule has 2 N–H and O–H groups in total. The first kappa shape index (κ1) is 9.32. The Balaban J connectivity index is 2.82. The fourth-order valence-corrected chi connectivity index (χ4v) is 0.957. The average Bonchev–Trinajstić information content (AvgIpc) is 1.96. The Morgan fingerprint density at radius 3 is 2.75 bits per heavy atom. The van der Waals surface area contributed by atoms with E-state index in [4.69, 9.17) is 10.5 Å². The highest BCUT2D eigenvalue weighted by Crippen LogP contribution is 2.21. The number of nitrogens with two attached hydrogens (primary N) is 1. The molecule has 0 amide bonds. The maximum atomic E-state index is 5.63. The van der Waals surface area contributed by atoms with Gasteiger partial charge in [0.25, 0.3) is 0 Å². The lowest BCUT2D eigenvalue weighted by molar-refractivity contribution is 0.233. The number of halogens is 1. The largest absolute Gasteiger partial charge is 0.475 e. The van der Waals surface area contributed by atoms with Crippen LogP contribution in [0.3, 0.4) is 0 Å². The number of aromatic nitrogens is 1. The Labute approximate surface area is 80.1 Å². The molecule has 0 unspecified atom stereocenters. The van der Waals surface area contributed by atoms with Gasteiger partial charge >= 0.3 is 0 Å². The van der Waals surface area contributed by atoms with E-state index in [0.717, 1.165) is 4.47 Å². The van der Waals surface area contributed by atoms with Crippen LogP contribution in [0.1, 0.15) is 13.8 Å². The van der Waals surface area contributed by atoms with E-state index in [0.29, 0.717) is 11.6 Å². The van der Waals surface area contributed by atoms with Gasteiger partial charge in [0, 0.05) is 12.3 Å². The molecule has 0 bridgehead atoms. The SMILES string of the molecule is CC(C)Oc1cc(N)c(Br)cn1. The lowest BCUT2D eigenvalue weighted by Gasteiger charge is -2.08. The molecule has 0 fully saturated rings. The zero-order valence-corrected chi connectivity index (χ0v) is 8.63. The molecule has 0 atom stereocenters. The fourth-order valence-electron chi connectivity index (χ4n) is 0.740. The van der Waals surface area contributed by atoms with Gasteiger partial charge in [0.1, 0.15) is 0 Å². The first-order chi connectivity index (χ1) is 5.59. The Morgan fingerprint density at radius 2 is 2.25 bits per heavy atom. The Bertz CT molecular complexity index is 276. The predicted octanol–water partition coefficient (Wildman–Crippen LogP) is 2.21. The standard InChI is InChI=1S/C8H11BrN2O/c1-5(2)12-8-3-7(10)6(9)4-11-8/h3-5H,1-2H3,(H2,10,11). The molecular weight excluding hydrogens is 220 g/mol. The van der Waals surface area contributed by atoms with Crippen molar-refractivity contribution < 1.29 is 4.74 Å². The van der Waals surface area contributed by atoms with Crippen molar-refractivity contribution in [2.75, 3.05) is 5.73 Å². The van der Waals surface area contributed by atoms with E-state index in [1.54, 1.807) is 12.3 Å². The number of nitrogens with zero attached hydrogens (tertiary/aromatic N) is 1. The van der Waals surface area contributed by atoms with Gasteiger partial charge < -0.3 is 10.5 Å². The summed E-state index contributed by atoms with van der Waals surface area (Å²) in [5.41, 5.74) is 6.27. The van der Waals surface area contributed by atoms with Gasteiger partial charge in [-0.15, -0.1) is 0 Å². The predicted molar refractivity (Wildman–Crippen MR) is 52.1 cm³/mol. The Kier molecular flexibility index (Phi) is 2.92. The van der Waals surface area contributed by atoms with Crippen LogP contribution in [0.4, 0.5) is 5.69 Å². The molecule has 0 aliphatic heterocycles. The number of rotatable bonds is 2. The van der Waals surface area contributed by atoms with Gasteiger partial charge in [-0.1, -0.05) is 0 Å². The second kappa shape index (κ2) is 3.76. The summed E-state index contributed by atoms with van der Waals surface area (Å²) in [5, 5.41) is 0. The van der Waals surface area contributed by atoms with Crippen LogP contribution >= 0.6 is 15.9 Å². The number of hydrogen-bond acceptors (Lipinski definition) is 3. The molecule has 1 rings (SSSR count). The summed E-state index contributed by atoms with van der Waals surface area (Å²) < 4.78 is 6.13. The van der Waals surface area contributed by atoms with Gasteiger partial charge in [-0.3, -0.25) is 0 Å². The number of pyridine rings is 1. The summed E-state index contributed by atoms with van der Waals surface area (Å²) in [6.07, 6.45) is 1.76. The lowest BCUT2D eigenvalue weighted by Crippen LogP contribution is -2.07. The van der Waals surface area contributed by atoms with Gasteiger partial charge in [0.15, 0.2) is 0 Å². The summed E-state index contributed by atoms with van der Waals surface area (Å²) in [6, 6.07) is 1.70. The van der Waals surface area contributed by atoms with Gasteiger partial charge in [0.05, 0.1) is 16.3 Å². The van der Waals surface area contributed by atoms with Crippen LogP contribution < -0.4 is 10.5 Å². The summed E-state index contributed by atoms with van der Waals surface area (Å²) in [6.45, 7) is 3.89. The third kappa shape index (κ3) is 2.37. The van der Waals surface area contributed by atoms with Crippen molar-refractivity contribution in [3.05, 3.63) is 16.7 Å². The molecule has 66 valence electrons. The van der Waals surface area contributed by atoms with Crippen LogP contribution in [0.15, 0.2) is 16.7 Å². The van der Waals surface area contributed by atoms with Crippen LogP contribution in [0.5, 0.6) is 5.88 Å². The van der Waals surface area contributed by atoms with Crippen LogP contribution in [0.2, 0.25) is 0 Å². The molecule has 0 aliphatic carbocycles. The molecule has 0 spiro atoms. The highest BCUT2D eigenvalue weighted by molar-refractivity contribution is 9.10. The smallest absolute Gasteiger partial charge is 0.215 e. The normalized spacial score (nSPS) is 10.3. The topological polar surface area (TPSA) is 48.1 Å². The molecule has 0 aliphatic rings. The fraction of sp³-hybridized carbons (Fsp3) is 0.375. The maximum absolute atomic E-state index is 5.63. The van der Waals surface area contributed by atoms with E-state index in [-0.39, 0.29) is 6.10 Å². The molecule has 4 heteroatoms. The number of hydrogen-bond donors (Lipinski definition) is 1. The molecule has 0 saturated carbocycles. The summed E-state index contributed by atoms with van der Waals surface area (Å²) in [5.74, 6) is 0.561.